The zero-order valence-electron chi connectivity index (χ0n) is 20.4. The highest BCUT2D eigenvalue weighted by Crippen LogP contribution is 2.37. The summed E-state index contributed by atoms with van der Waals surface area (Å²) in [6.07, 6.45) is 1.22. The fourth-order valence-corrected chi connectivity index (χ4v) is 4.79. The van der Waals surface area contributed by atoms with Crippen molar-refractivity contribution in [1.29, 1.82) is 0 Å². The van der Waals surface area contributed by atoms with Crippen molar-refractivity contribution in [1.82, 2.24) is 10.2 Å². The first kappa shape index (κ1) is 24.3. The minimum absolute atomic E-state index is 0.0331. The third-order valence-corrected chi connectivity index (χ3v) is 6.54. The number of likely N-dealkylation sites (N-methyl/N-ethyl adjacent to an activating group) is 1. The van der Waals surface area contributed by atoms with E-state index in [0.717, 1.165) is 22.0 Å². The maximum absolute atomic E-state index is 13.4. The van der Waals surface area contributed by atoms with E-state index in [1.165, 1.54) is 0 Å². The first-order valence-corrected chi connectivity index (χ1v) is 12.0. The lowest BCUT2D eigenvalue weighted by molar-refractivity contribution is -0.141. The van der Waals surface area contributed by atoms with Crippen LogP contribution in [0.5, 0.6) is 5.75 Å². The van der Waals surface area contributed by atoms with Crippen LogP contribution in [0.15, 0.2) is 60.7 Å². The average Bonchev–Trinajstić information content (AvgIpc) is 3.16. The van der Waals surface area contributed by atoms with Gasteiger partial charge < -0.3 is 19.9 Å². The molecule has 0 aliphatic carbocycles. The van der Waals surface area contributed by atoms with Crippen molar-refractivity contribution in [3.8, 4) is 5.75 Å². The number of ether oxygens (including phenoxy) is 1. The van der Waals surface area contributed by atoms with E-state index >= 15 is 0 Å². The topological polar surface area (TPSA) is 79.0 Å². The Labute approximate surface area is 205 Å². The molecule has 0 spiro atoms. The summed E-state index contributed by atoms with van der Waals surface area (Å²) in [4.78, 5) is 42.4. The van der Waals surface area contributed by atoms with Gasteiger partial charge in [-0.25, -0.2) is 0 Å². The molecule has 182 valence electrons. The highest BCUT2D eigenvalue weighted by atomic mass is 16.5. The molecule has 3 aromatic rings. The van der Waals surface area contributed by atoms with Crippen molar-refractivity contribution in [3.63, 3.8) is 0 Å². The Bertz CT molecular complexity index is 1250. The van der Waals surface area contributed by atoms with Crippen LogP contribution in [0.4, 0.5) is 5.69 Å². The molecule has 1 aliphatic rings. The Morgan fingerprint density at radius 3 is 2.54 bits per heavy atom. The summed E-state index contributed by atoms with van der Waals surface area (Å²) in [6, 6.07) is 18.6. The molecule has 0 radical (unpaired) electrons. The molecule has 7 heteroatoms. The van der Waals surface area contributed by atoms with Crippen LogP contribution in [0, 0.1) is 0 Å². The van der Waals surface area contributed by atoms with Crippen molar-refractivity contribution >= 4 is 34.2 Å². The van der Waals surface area contributed by atoms with Crippen LogP contribution in [0.2, 0.25) is 0 Å². The van der Waals surface area contributed by atoms with Crippen molar-refractivity contribution in [2.45, 2.75) is 38.8 Å². The highest BCUT2D eigenvalue weighted by molar-refractivity contribution is 6.25. The van der Waals surface area contributed by atoms with Crippen LogP contribution in [0.3, 0.4) is 0 Å². The molecule has 0 aromatic heterocycles. The maximum atomic E-state index is 13.4. The first-order valence-electron chi connectivity index (χ1n) is 12.0. The van der Waals surface area contributed by atoms with E-state index in [9.17, 15) is 14.4 Å². The van der Waals surface area contributed by atoms with E-state index in [2.05, 4.69) is 5.32 Å². The fraction of sp³-hybridized carbons (Fsp3) is 0.321. The second-order valence-corrected chi connectivity index (χ2v) is 8.65. The molecule has 0 saturated heterocycles. The lowest BCUT2D eigenvalue weighted by atomic mass is 10.1. The Balaban J connectivity index is 1.48. The van der Waals surface area contributed by atoms with Gasteiger partial charge in [0.15, 0.2) is 0 Å². The number of nitrogens with one attached hydrogen (secondary N) is 1. The van der Waals surface area contributed by atoms with Gasteiger partial charge in [-0.15, -0.1) is 0 Å². The summed E-state index contributed by atoms with van der Waals surface area (Å²) < 4.78 is 5.31. The van der Waals surface area contributed by atoms with E-state index < -0.39 is 6.04 Å². The van der Waals surface area contributed by atoms with Crippen molar-refractivity contribution in [3.05, 3.63) is 71.8 Å². The van der Waals surface area contributed by atoms with E-state index in [-0.39, 0.29) is 24.1 Å². The Kier molecular flexibility index (Phi) is 7.34. The van der Waals surface area contributed by atoms with Crippen LogP contribution < -0.4 is 15.0 Å². The number of methoxy groups -OCH3 is 1. The molecule has 7 nitrogen and oxygen atoms in total. The summed E-state index contributed by atoms with van der Waals surface area (Å²) >= 11 is 0. The van der Waals surface area contributed by atoms with Gasteiger partial charge in [0.25, 0.3) is 5.91 Å². The summed E-state index contributed by atoms with van der Waals surface area (Å²) in [6.45, 7) is 2.63. The number of carbonyl (C=O) groups is 3. The summed E-state index contributed by atoms with van der Waals surface area (Å²) in [7, 11) is 3.18. The van der Waals surface area contributed by atoms with Crippen LogP contribution in [-0.4, -0.2) is 49.4 Å². The normalized spacial score (nSPS) is 13.1. The van der Waals surface area contributed by atoms with Gasteiger partial charge in [0.1, 0.15) is 11.8 Å². The number of amides is 3. The Hall–Kier alpha value is -3.87. The Morgan fingerprint density at radius 1 is 1.09 bits per heavy atom. The number of rotatable bonds is 10. The number of carbonyl (C=O) groups excluding carboxylic acids is 3. The maximum Gasteiger partial charge on any atom is 0.258 e. The molecule has 0 saturated carbocycles. The largest absolute Gasteiger partial charge is 0.497 e. The van der Waals surface area contributed by atoms with Gasteiger partial charge in [-0.2, -0.15) is 0 Å². The molecule has 0 fully saturated rings. The van der Waals surface area contributed by atoms with E-state index in [4.69, 9.17) is 4.74 Å². The fourth-order valence-electron chi connectivity index (χ4n) is 4.79. The predicted molar refractivity (Wildman–Crippen MR) is 137 cm³/mol. The summed E-state index contributed by atoms with van der Waals surface area (Å²) in [5.74, 6) is 0.352. The molecule has 1 heterocycles. The lowest BCUT2D eigenvalue weighted by Crippen LogP contribution is -2.48. The van der Waals surface area contributed by atoms with E-state index in [0.29, 0.717) is 37.2 Å². The molecule has 35 heavy (non-hydrogen) atoms. The Morgan fingerprint density at radius 2 is 1.83 bits per heavy atom. The molecule has 3 amide bonds. The average molecular weight is 474 g/mol. The van der Waals surface area contributed by atoms with Crippen LogP contribution in [0.1, 0.15) is 42.1 Å². The quantitative estimate of drug-likeness (QED) is 0.480. The van der Waals surface area contributed by atoms with Crippen molar-refractivity contribution in [2.24, 2.45) is 0 Å². The predicted octanol–water partition coefficient (Wildman–Crippen LogP) is 4.14. The SMILES string of the molecule is CCC(C(=O)NC)N(Cc1cccc(OC)c1)C(=O)CCCN1C(=O)c2cccc3cccc1c23. The summed E-state index contributed by atoms with van der Waals surface area (Å²) in [5.41, 5.74) is 2.48. The molecule has 1 N–H and O–H groups in total. The molecule has 4 rings (SSSR count). The highest BCUT2D eigenvalue weighted by Gasteiger charge is 2.31. The van der Waals surface area contributed by atoms with Crippen molar-refractivity contribution < 1.29 is 19.1 Å². The second-order valence-electron chi connectivity index (χ2n) is 8.65. The molecule has 1 unspecified atom stereocenters. The molecule has 0 bridgehead atoms. The van der Waals surface area contributed by atoms with Crippen LogP contribution in [0.25, 0.3) is 10.8 Å². The number of hydrogen-bond acceptors (Lipinski definition) is 4. The van der Waals surface area contributed by atoms with Gasteiger partial charge in [-0.05, 0) is 48.1 Å². The van der Waals surface area contributed by atoms with Crippen LogP contribution in [-0.2, 0) is 16.1 Å². The van der Waals surface area contributed by atoms with E-state index in [1.54, 1.807) is 24.0 Å². The van der Waals surface area contributed by atoms with Gasteiger partial charge in [0, 0.05) is 37.5 Å². The zero-order valence-corrected chi connectivity index (χ0v) is 20.4. The van der Waals surface area contributed by atoms with Gasteiger partial charge in [0.2, 0.25) is 11.8 Å². The van der Waals surface area contributed by atoms with Crippen molar-refractivity contribution in [2.75, 3.05) is 25.6 Å². The van der Waals surface area contributed by atoms with Crippen LogP contribution >= 0.6 is 0 Å². The van der Waals surface area contributed by atoms with Gasteiger partial charge in [-0.3, -0.25) is 14.4 Å². The third kappa shape index (κ3) is 4.85. The van der Waals surface area contributed by atoms with E-state index in [1.807, 2.05) is 67.6 Å². The van der Waals surface area contributed by atoms with Gasteiger partial charge in [-0.1, -0.05) is 43.3 Å². The number of nitrogens with zero attached hydrogens (tertiary/aromatic N) is 2. The second kappa shape index (κ2) is 10.6. The number of anilines is 1. The molecular formula is C28H31N3O4. The smallest absolute Gasteiger partial charge is 0.258 e. The monoisotopic (exact) mass is 473 g/mol. The van der Waals surface area contributed by atoms with Gasteiger partial charge in [0.05, 0.1) is 12.8 Å². The zero-order chi connectivity index (χ0) is 24.9. The number of hydrogen-bond donors (Lipinski definition) is 1. The third-order valence-electron chi connectivity index (χ3n) is 6.54. The molecular weight excluding hydrogens is 442 g/mol. The first-order chi connectivity index (χ1) is 17.0. The van der Waals surface area contributed by atoms with Gasteiger partial charge >= 0.3 is 0 Å². The minimum Gasteiger partial charge on any atom is -0.497 e. The summed E-state index contributed by atoms with van der Waals surface area (Å²) in [5, 5.41) is 4.68. The minimum atomic E-state index is -0.579. The molecule has 1 aliphatic heterocycles. The number of benzene rings is 3. The molecule has 3 aromatic carbocycles. The lowest BCUT2D eigenvalue weighted by Gasteiger charge is -2.30. The standard InChI is InChI=1S/C28H31N3O4/c1-4-23(27(33)29-2)31(18-19-9-5-12-21(17-19)35-3)25(32)15-8-16-30-24-14-7-11-20-10-6-13-22(26(20)24)28(30)34/h5-7,9-14,17,23H,4,8,15-16,18H2,1-3H3,(H,29,33). The molecule has 1 atom stereocenters.